The Morgan fingerprint density at radius 1 is 0.957 bits per heavy atom. The van der Waals surface area contributed by atoms with Crippen molar-refractivity contribution < 1.29 is 4.79 Å². The SMILES string of the molecule is Cc1ccc(C(=O)N(Cc2ccccc2)C2CCCCC2)cc1. The Bertz CT molecular complexity index is 627. The van der Waals surface area contributed by atoms with Crippen molar-refractivity contribution in [2.45, 2.75) is 51.6 Å². The fourth-order valence-corrected chi connectivity index (χ4v) is 3.40. The summed E-state index contributed by atoms with van der Waals surface area (Å²) < 4.78 is 0. The van der Waals surface area contributed by atoms with E-state index < -0.39 is 0 Å². The monoisotopic (exact) mass is 307 g/mol. The molecule has 1 aliphatic rings. The normalized spacial score (nSPS) is 15.3. The first-order valence-corrected chi connectivity index (χ1v) is 8.65. The van der Waals surface area contributed by atoms with E-state index in [1.165, 1.54) is 30.4 Å². The van der Waals surface area contributed by atoms with Crippen LogP contribution in [0.5, 0.6) is 0 Å². The van der Waals surface area contributed by atoms with Crippen molar-refractivity contribution in [1.29, 1.82) is 0 Å². The minimum atomic E-state index is 0.167. The van der Waals surface area contributed by atoms with Crippen LogP contribution in [-0.4, -0.2) is 16.8 Å². The van der Waals surface area contributed by atoms with E-state index in [0.29, 0.717) is 12.6 Å². The van der Waals surface area contributed by atoms with Gasteiger partial charge in [0, 0.05) is 18.2 Å². The Hall–Kier alpha value is -2.09. The van der Waals surface area contributed by atoms with Crippen LogP contribution in [0.3, 0.4) is 0 Å². The smallest absolute Gasteiger partial charge is 0.254 e. The molecule has 3 rings (SSSR count). The molecule has 0 saturated heterocycles. The number of amides is 1. The van der Waals surface area contributed by atoms with Gasteiger partial charge in [0.2, 0.25) is 0 Å². The van der Waals surface area contributed by atoms with Crippen LogP contribution in [0.4, 0.5) is 0 Å². The molecule has 1 saturated carbocycles. The Kier molecular flexibility index (Phi) is 5.12. The minimum absolute atomic E-state index is 0.167. The van der Waals surface area contributed by atoms with Crippen LogP contribution in [-0.2, 0) is 6.54 Å². The summed E-state index contributed by atoms with van der Waals surface area (Å²) in [6.45, 7) is 2.76. The Balaban J connectivity index is 1.84. The van der Waals surface area contributed by atoms with Gasteiger partial charge >= 0.3 is 0 Å². The van der Waals surface area contributed by atoms with Crippen molar-refractivity contribution >= 4 is 5.91 Å². The summed E-state index contributed by atoms with van der Waals surface area (Å²) in [5.41, 5.74) is 3.20. The maximum absolute atomic E-state index is 13.1. The molecule has 2 aromatic carbocycles. The van der Waals surface area contributed by atoms with Gasteiger partial charge in [0.05, 0.1) is 0 Å². The molecule has 23 heavy (non-hydrogen) atoms. The molecule has 1 fully saturated rings. The number of hydrogen-bond acceptors (Lipinski definition) is 1. The van der Waals surface area contributed by atoms with Crippen molar-refractivity contribution in [3.8, 4) is 0 Å². The summed E-state index contributed by atoms with van der Waals surface area (Å²) in [6, 6.07) is 18.7. The predicted octanol–water partition coefficient (Wildman–Crippen LogP) is 4.97. The summed E-state index contributed by atoms with van der Waals surface area (Å²) >= 11 is 0. The summed E-state index contributed by atoms with van der Waals surface area (Å²) in [6.07, 6.45) is 6.03. The van der Waals surface area contributed by atoms with Gasteiger partial charge in [-0.25, -0.2) is 0 Å². The van der Waals surface area contributed by atoms with Crippen molar-refractivity contribution in [2.24, 2.45) is 0 Å². The first kappa shape index (κ1) is 15.8. The Morgan fingerprint density at radius 2 is 1.61 bits per heavy atom. The number of benzene rings is 2. The molecule has 0 aliphatic heterocycles. The second-order valence-corrected chi connectivity index (χ2v) is 6.58. The highest BCUT2D eigenvalue weighted by molar-refractivity contribution is 5.94. The van der Waals surface area contributed by atoms with E-state index in [9.17, 15) is 4.79 Å². The van der Waals surface area contributed by atoms with Crippen LogP contribution in [0.25, 0.3) is 0 Å². The summed E-state index contributed by atoms with van der Waals surface area (Å²) in [4.78, 5) is 15.2. The van der Waals surface area contributed by atoms with Crippen LogP contribution >= 0.6 is 0 Å². The molecule has 0 heterocycles. The van der Waals surface area contributed by atoms with Crippen LogP contribution in [0.15, 0.2) is 54.6 Å². The van der Waals surface area contributed by atoms with E-state index in [0.717, 1.165) is 18.4 Å². The van der Waals surface area contributed by atoms with Gasteiger partial charge in [0.1, 0.15) is 0 Å². The maximum atomic E-state index is 13.1. The molecule has 0 radical (unpaired) electrons. The molecule has 120 valence electrons. The highest BCUT2D eigenvalue weighted by Gasteiger charge is 2.26. The van der Waals surface area contributed by atoms with E-state index in [4.69, 9.17) is 0 Å². The molecule has 2 nitrogen and oxygen atoms in total. The zero-order valence-corrected chi connectivity index (χ0v) is 13.9. The lowest BCUT2D eigenvalue weighted by atomic mass is 9.93. The standard InChI is InChI=1S/C21H25NO/c1-17-12-14-19(15-13-17)21(23)22(20-10-6-3-7-11-20)16-18-8-4-2-5-9-18/h2,4-5,8-9,12-15,20H,3,6-7,10-11,16H2,1H3. The zero-order chi connectivity index (χ0) is 16.1. The molecule has 2 heteroatoms. The van der Waals surface area contributed by atoms with E-state index in [1.807, 2.05) is 42.5 Å². The number of nitrogens with zero attached hydrogens (tertiary/aromatic N) is 1. The largest absolute Gasteiger partial charge is 0.331 e. The van der Waals surface area contributed by atoms with Gasteiger partial charge in [-0.3, -0.25) is 4.79 Å². The van der Waals surface area contributed by atoms with Crippen LogP contribution in [0.2, 0.25) is 0 Å². The van der Waals surface area contributed by atoms with Crippen molar-refractivity contribution in [3.05, 3.63) is 71.3 Å². The molecule has 0 bridgehead atoms. The number of rotatable bonds is 4. The fraction of sp³-hybridized carbons (Fsp3) is 0.381. The van der Waals surface area contributed by atoms with E-state index >= 15 is 0 Å². The van der Waals surface area contributed by atoms with E-state index in [2.05, 4.69) is 24.0 Å². The average molecular weight is 307 g/mol. The predicted molar refractivity (Wildman–Crippen MR) is 94.4 cm³/mol. The number of carbonyl (C=O) groups excluding carboxylic acids is 1. The third-order valence-corrected chi connectivity index (χ3v) is 4.77. The molecular formula is C21H25NO. The first-order chi connectivity index (χ1) is 11.2. The molecule has 0 unspecified atom stereocenters. The number of aryl methyl sites for hydroxylation is 1. The lowest BCUT2D eigenvalue weighted by molar-refractivity contribution is 0.0614. The average Bonchev–Trinajstić information content (AvgIpc) is 2.61. The molecule has 0 aromatic heterocycles. The minimum Gasteiger partial charge on any atom is -0.331 e. The summed E-state index contributed by atoms with van der Waals surface area (Å²) in [5.74, 6) is 0.167. The van der Waals surface area contributed by atoms with Crippen LogP contribution < -0.4 is 0 Å². The van der Waals surface area contributed by atoms with E-state index in [1.54, 1.807) is 0 Å². The molecule has 0 spiro atoms. The number of hydrogen-bond donors (Lipinski definition) is 0. The fourth-order valence-electron chi connectivity index (χ4n) is 3.40. The van der Waals surface area contributed by atoms with E-state index in [-0.39, 0.29) is 5.91 Å². The lowest BCUT2D eigenvalue weighted by Crippen LogP contribution is -2.41. The van der Waals surface area contributed by atoms with Crippen molar-refractivity contribution in [1.82, 2.24) is 4.90 Å². The highest BCUT2D eigenvalue weighted by atomic mass is 16.2. The maximum Gasteiger partial charge on any atom is 0.254 e. The van der Waals surface area contributed by atoms with Crippen LogP contribution in [0.1, 0.15) is 53.6 Å². The van der Waals surface area contributed by atoms with Gasteiger partial charge in [0.15, 0.2) is 0 Å². The lowest BCUT2D eigenvalue weighted by Gasteiger charge is -2.34. The second-order valence-electron chi connectivity index (χ2n) is 6.58. The second kappa shape index (κ2) is 7.45. The molecule has 2 aromatic rings. The Morgan fingerprint density at radius 3 is 2.26 bits per heavy atom. The first-order valence-electron chi connectivity index (χ1n) is 8.65. The van der Waals surface area contributed by atoms with Crippen LogP contribution in [0, 0.1) is 6.92 Å². The van der Waals surface area contributed by atoms with Gasteiger partial charge in [-0.2, -0.15) is 0 Å². The topological polar surface area (TPSA) is 20.3 Å². The Labute approximate surface area is 139 Å². The van der Waals surface area contributed by atoms with Crippen molar-refractivity contribution in [2.75, 3.05) is 0 Å². The number of carbonyl (C=O) groups is 1. The highest BCUT2D eigenvalue weighted by Crippen LogP contribution is 2.25. The van der Waals surface area contributed by atoms with Gasteiger partial charge < -0.3 is 4.90 Å². The molecule has 0 atom stereocenters. The van der Waals surface area contributed by atoms with Gasteiger partial charge in [-0.1, -0.05) is 67.3 Å². The summed E-state index contributed by atoms with van der Waals surface area (Å²) in [7, 11) is 0. The van der Waals surface area contributed by atoms with Gasteiger partial charge in [0.25, 0.3) is 5.91 Å². The van der Waals surface area contributed by atoms with Crippen molar-refractivity contribution in [3.63, 3.8) is 0 Å². The van der Waals surface area contributed by atoms with Gasteiger partial charge in [-0.05, 0) is 37.5 Å². The quantitative estimate of drug-likeness (QED) is 0.781. The molecule has 1 amide bonds. The third kappa shape index (κ3) is 4.01. The molecule has 1 aliphatic carbocycles. The zero-order valence-electron chi connectivity index (χ0n) is 13.9. The third-order valence-electron chi connectivity index (χ3n) is 4.77. The molecule has 0 N–H and O–H groups in total. The molecular weight excluding hydrogens is 282 g/mol. The van der Waals surface area contributed by atoms with Gasteiger partial charge in [-0.15, -0.1) is 0 Å². The summed E-state index contributed by atoms with van der Waals surface area (Å²) in [5, 5.41) is 0.